The number of hydrogen-bond acceptors (Lipinski definition) is 4. The number of imidazole rings is 1. The Morgan fingerprint density at radius 1 is 1.18 bits per heavy atom. The average Bonchev–Trinajstić information content (AvgIpc) is 2.83. The number of hydrogen-bond donors (Lipinski definition) is 3. The van der Waals surface area contributed by atoms with Crippen molar-refractivity contribution < 1.29 is 9.47 Å². The van der Waals surface area contributed by atoms with Crippen LogP contribution in [0.3, 0.4) is 0 Å². The molecule has 0 amide bonds. The highest BCUT2D eigenvalue weighted by Crippen LogP contribution is 2.32. The Morgan fingerprint density at radius 2 is 1.96 bits per heavy atom. The van der Waals surface area contributed by atoms with Gasteiger partial charge in [0.2, 0.25) is 0 Å². The second-order valence-corrected chi connectivity index (χ2v) is 6.20. The molecule has 0 bridgehead atoms. The molecule has 8 nitrogen and oxygen atoms in total. The Hall–Kier alpha value is -2.69. The standard InChI is InChI=1S/C19H21N5O3.HI/c20-18(22-13-6-7-16-17(12-13)27-11-3-10-26-16)21-8-9-24-15-5-2-1-4-14(15)23-19(24)25;/h1-2,4-7,12H,3,8-11H2,(H,23,25)(H3,20,21,22);1H. The van der Waals surface area contributed by atoms with Gasteiger partial charge >= 0.3 is 5.69 Å². The van der Waals surface area contributed by atoms with Crippen molar-refractivity contribution in [1.82, 2.24) is 9.55 Å². The zero-order valence-corrected chi connectivity index (χ0v) is 17.5. The van der Waals surface area contributed by atoms with Crippen LogP contribution in [-0.2, 0) is 6.54 Å². The van der Waals surface area contributed by atoms with Crippen molar-refractivity contribution in [3.8, 4) is 11.5 Å². The first kappa shape index (κ1) is 20.1. The molecular formula is C19H22IN5O3. The molecule has 0 spiro atoms. The number of halogens is 1. The van der Waals surface area contributed by atoms with E-state index in [0.29, 0.717) is 32.1 Å². The predicted octanol–water partition coefficient (Wildman–Crippen LogP) is 2.54. The fourth-order valence-corrected chi connectivity index (χ4v) is 3.03. The highest BCUT2D eigenvalue weighted by atomic mass is 127. The molecular weight excluding hydrogens is 473 g/mol. The number of aromatic amines is 1. The lowest BCUT2D eigenvalue weighted by molar-refractivity contribution is 0.297. The molecule has 3 aromatic rings. The van der Waals surface area contributed by atoms with Gasteiger partial charge in [-0.2, -0.15) is 0 Å². The maximum absolute atomic E-state index is 12.1. The number of guanidine groups is 1. The molecule has 4 N–H and O–H groups in total. The van der Waals surface area contributed by atoms with Crippen LogP contribution in [0.4, 0.5) is 5.69 Å². The van der Waals surface area contributed by atoms with Gasteiger partial charge in [0.25, 0.3) is 0 Å². The molecule has 1 aliphatic heterocycles. The lowest BCUT2D eigenvalue weighted by Gasteiger charge is -2.10. The maximum Gasteiger partial charge on any atom is 0.326 e. The summed E-state index contributed by atoms with van der Waals surface area (Å²) in [4.78, 5) is 19.2. The molecule has 1 aromatic heterocycles. The molecule has 0 saturated carbocycles. The minimum Gasteiger partial charge on any atom is -0.490 e. The molecule has 4 rings (SSSR count). The first-order valence-electron chi connectivity index (χ1n) is 8.85. The Kier molecular flexibility index (Phi) is 6.45. The van der Waals surface area contributed by atoms with Gasteiger partial charge in [-0.1, -0.05) is 12.1 Å². The summed E-state index contributed by atoms with van der Waals surface area (Å²) in [6.07, 6.45) is 0.855. The SMILES string of the molecule is I.NC(=NCCn1c(=O)[nH]c2ccccc21)Nc1ccc2c(c1)OCCCO2. The van der Waals surface area contributed by atoms with E-state index in [2.05, 4.69) is 15.3 Å². The van der Waals surface area contributed by atoms with E-state index in [-0.39, 0.29) is 35.6 Å². The van der Waals surface area contributed by atoms with Crippen molar-refractivity contribution in [1.29, 1.82) is 0 Å². The van der Waals surface area contributed by atoms with Crippen LogP contribution >= 0.6 is 24.0 Å². The quantitative estimate of drug-likeness (QED) is 0.293. The smallest absolute Gasteiger partial charge is 0.326 e. The van der Waals surface area contributed by atoms with Crippen LogP contribution in [0.5, 0.6) is 11.5 Å². The Bertz CT molecular complexity index is 1040. The number of rotatable bonds is 4. The number of H-pyrrole nitrogens is 1. The fraction of sp³-hybridized carbons (Fsp3) is 0.263. The summed E-state index contributed by atoms with van der Waals surface area (Å²) in [7, 11) is 0. The Balaban J connectivity index is 0.00000225. The number of ether oxygens (including phenoxy) is 2. The molecule has 0 atom stereocenters. The summed E-state index contributed by atoms with van der Waals surface area (Å²) < 4.78 is 12.9. The van der Waals surface area contributed by atoms with Gasteiger partial charge in [0, 0.05) is 24.7 Å². The number of nitrogens with zero attached hydrogens (tertiary/aromatic N) is 2. The van der Waals surface area contributed by atoms with Gasteiger partial charge in [-0.05, 0) is 24.3 Å². The van der Waals surface area contributed by atoms with E-state index in [9.17, 15) is 4.79 Å². The molecule has 9 heteroatoms. The molecule has 148 valence electrons. The van der Waals surface area contributed by atoms with Gasteiger partial charge in [0.15, 0.2) is 17.5 Å². The van der Waals surface area contributed by atoms with Crippen molar-refractivity contribution in [2.24, 2.45) is 10.7 Å². The van der Waals surface area contributed by atoms with Crippen LogP contribution in [-0.4, -0.2) is 35.3 Å². The highest BCUT2D eigenvalue weighted by molar-refractivity contribution is 14.0. The van der Waals surface area contributed by atoms with Crippen LogP contribution in [0.1, 0.15) is 6.42 Å². The zero-order valence-electron chi connectivity index (χ0n) is 15.2. The molecule has 1 aliphatic rings. The van der Waals surface area contributed by atoms with Crippen molar-refractivity contribution in [2.75, 3.05) is 25.1 Å². The number of fused-ring (bicyclic) bond motifs is 2. The summed E-state index contributed by atoms with van der Waals surface area (Å²) in [5.74, 6) is 1.69. The van der Waals surface area contributed by atoms with E-state index < -0.39 is 0 Å². The van der Waals surface area contributed by atoms with E-state index in [1.165, 1.54) is 0 Å². The predicted molar refractivity (Wildman–Crippen MR) is 120 cm³/mol. The molecule has 0 radical (unpaired) electrons. The number of nitrogens with one attached hydrogen (secondary N) is 2. The molecule has 2 aromatic carbocycles. The monoisotopic (exact) mass is 495 g/mol. The number of nitrogens with two attached hydrogens (primary N) is 1. The number of aliphatic imine (C=N–C) groups is 1. The van der Waals surface area contributed by atoms with Crippen LogP contribution in [0, 0.1) is 0 Å². The van der Waals surface area contributed by atoms with Gasteiger partial charge in [0.1, 0.15) is 0 Å². The van der Waals surface area contributed by atoms with E-state index in [0.717, 1.165) is 28.9 Å². The number of anilines is 1. The molecule has 0 unspecified atom stereocenters. The van der Waals surface area contributed by atoms with Crippen molar-refractivity contribution in [3.05, 3.63) is 52.9 Å². The summed E-state index contributed by atoms with van der Waals surface area (Å²) in [5.41, 5.74) is 8.25. The van der Waals surface area contributed by atoms with Gasteiger partial charge < -0.3 is 25.5 Å². The highest BCUT2D eigenvalue weighted by Gasteiger charge is 2.11. The average molecular weight is 495 g/mol. The Morgan fingerprint density at radius 3 is 2.82 bits per heavy atom. The van der Waals surface area contributed by atoms with Crippen LogP contribution < -0.4 is 26.2 Å². The van der Waals surface area contributed by atoms with Crippen LogP contribution in [0.2, 0.25) is 0 Å². The molecule has 2 heterocycles. The number of para-hydroxylation sites is 2. The lowest BCUT2D eigenvalue weighted by atomic mass is 10.3. The fourth-order valence-electron chi connectivity index (χ4n) is 3.03. The topological polar surface area (TPSA) is 107 Å². The Labute approximate surface area is 178 Å². The number of aromatic nitrogens is 2. The van der Waals surface area contributed by atoms with Gasteiger partial charge in [-0.15, -0.1) is 24.0 Å². The second-order valence-electron chi connectivity index (χ2n) is 6.20. The van der Waals surface area contributed by atoms with E-state index in [1.807, 2.05) is 42.5 Å². The lowest BCUT2D eigenvalue weighted by Crippen LogP contribution is -2.24. The van der Waals surface area contributed by atoms with Crippen LogP contribution in [0.25, 0.3) is 11.0 Å². The third-order valence-electron chi connectivity index (χ3n) is 4.31. The normalized spacial score (nSPS) is 13.6. The minimum absolute atomic E-state index is 0. The maximum atomic E-state index is 12.1. The minimum atomic E-state index is -0.152. The first-order chi connectivity index (χ1) is 13.2. The molecule has 0 aliphatic carbocycles. The van der Waals surface area contributed by atoms with Crippen molar-refractivity contribution in [2.45, 2.75) is 13.0 Å². The summed E-state index contributed by atoms with van der Waals surface area (Å²) in [6, 6.07) is 13.1. The van der Waals surface area contributed by atoms with Crippen LogP contribution in [0.15, 0.2) is 52.3 Å². The largest absolute Gasteiger partial charge is 0.490 e. The summed E-state index contributed by atoms with van der Waals surface area (Å²) in [5, 5.41) is 3.04. The summed E-state index contributed by atoms with van der Waals surface area (Å²) in [6.45, 7) is 2.09. The van der Waals surface area contributed by atoms with Gasteiger partial charge in [0.05, 0.1) is 30.8 Å². The third-order valence-corrected chi connectivity index (χ3v) is 4.31. The van der Waals surface area contributed by atoms with E-state index in [4.69, 9.17) is 15.2 Å². The molecule has 28 heavy (non-hydrogen) atoms. The van der Waals surface area contributed by atoms with Crippen molar-refractivity contribution >= 4 is 46.7 Å². The van der Waals surface area contributed by atoms with Crippen molar-refractivity contribution in [3.63, 3.8) is 0 Å². The number of benzene rings is 2. The van der Waals surface area contributed by atoms with E-state index in [1.54, 1.807) is 4.57 Å². The molecule has 0 fully saturated rings. The van der Waals surface area contributed by atoms with Gasteiger partial charge in [-0.25, -0.2) is 4.79 Å². The summed E-state index contributed by atoms with van der Waals surface area (Å²) >= 11 is 0. The third kappa shape index (κ3) is 4.41. The van der Waals surface area contributed by atoms with Gasteiger partial charge in [-0.3, -0.25) is 9.56 Å². The van der Waals surface area contributed by atoms with E-state index >= 15 is 0 Å². The zero-order chi connectivity index (χ0) is 18.6. The second kappa shape index (κ2) is 9.00. The first-order valence-corrected chi connectivity index (χ1v) is 8.85. The molecule has 0 saturated heterocycles.